The molecule has 0 saturated carbocycles. The number of nitrogens with one attached hydrogen (secondary N) is 1. The van der Waals surface area contributed by atoms with Crippen molar-refractivity contribution in [2.45, 2.75) is 25.4 Å². The van der Waals surface area contributed by atoms with Crippen molar-refractivity contribution in [3.63, 3.8) is 0 Å². The van der Waals surface area contributed by atoms with Crippen LogP contribution < -0.4 is 5.32 Å². The molecular formula is C18H17N3. The Hall–Kier alpha value is -2.62. The van der Waals surface area contributed by atoms with Crippen LogP contribution in [0.15, 0.2) is 54.6 Å². The molecule has 0 heterocycles. The van der Waals surface area contributed by atoms with Gasteiger partial charge in [-0.25, -0.2) is 0 Å². The quantitative estimate of drug-likeness (QED) is 0.901. The Bertz CT molecular complexity index is 648. The van der Waals surface area contributed by atoms with Crippen molar-refractivity contribution in [2.75, 3.05) is 0 Å². The monoisotopic (exact) mass is 275 g/mol. The molecule has 21 heavy (non-hydrogen) atoms. The highest BCUT2D eigenvalue weighted by molar-refractivity contribution is 5.33. The lowest BCUT2D eigenvalue weighted by Gasteiger charge is -2.22. The fourth-order valence-electron chi connectivity index (χ4n) is 2.29. The zero-order valence-electron chi connectivity index (χ0n) is 12.0. The molecule has 0 saturated heterocycles. The van der Waals surface area contributed by atoms with Crippen molar-refractivity contribution in [2.24, 2.45) is 0 Å². The summed E-state index contributed by atoms with van der Waals surface area (Å²) in [6.07, 6.45) is 0.421. The topological polar surface area (TPSA) is 59.6 Å². The maximum atomic E-state index is 9.02. The van der Waals surface area contributed by atoms with Crippen LogP contribution in [0, 0.1) is 22.7 Å². The second-order valence-electron chi connectivity index (χ2n) is 4.95. The maximum absolute atomic E-state index is 9.02. The van der Waals surface area contributed by atoms with Crippen molar-refractivity contribution in [3.8, 4) is 12.1 Å². The molecule has 0 aliphatic heterocycles. The van der Waals surface area contributed by atoms with Gasteiger partial charge in [-0.05, 0) is 30.2 Å². The Morgan fingerprint density at radius 3 is 2.19 bits per heavy atom. The van der Waals surface area contributed by atoms with Gasteiger partial charge in [-0.2, -0.15) is 10.5 Å². The molecule has 0 aromatic heterocycles. The number of hydrogen-bond acceptors (Lipinski definition) is 3. The third-order valence-corrected chi connectivity index (χ3v) is 3.49. The predicted octanol–water partition coefficient (Wildman–Crippen LogP) is 3.86. The molecule has 0 aliphatic rings. The summed E-state index contributed by atoms with van der Waals surface area (Å²) in [7, 11) is 0. The van der Waals surface area contributed by atoms with Crippen molar-refractivity contribution in [1.82, 2.24) is 5.32 Å². The molecular weight excluding hydrogens is 258 g/mol. The van der Waals surface area contributed by atoms with Gasteiger partial charge in [0, 0.05) is 12.1 Å². The molecule has 2 atom stereocenters. The molecule has 104 valence electrons. The van der Waals surface area contributed by atoms with Crippen LogP contribution in [0.1, 0.15) is 42.1 Å². The lowest BCUT2D eigenvalue weighted by molar-refractivity contribution is 0.472. The number of nitriles is 2. The van der Waals surface area contributed by atoms with Gasteiger partial charge in [-0.15, -0.1) is 0 Å². The van der Waals surface area contributed by atoms with Gasteiger partial charge < -0.3 is 5.32 Å². The largest absolute Gasteiger partial charge is 0.302 e. The van der Waals surface area contributed by atoms with E-state index < -0.39 is 0 Å². The van der Waals surface area contributed by atoms with E-state index in [-0.39, 0.29) is 12.1 Å². The van der Waals surface area contributed by atoms with Gasteiger partial charge in [-0.1, -0.05) is 42.5 Å². The van der Waals surface area contributed by atoms with Gasteiger partial charge in [0.25, 0.3) is 0 Å². The molecule has 2 aromatic carbocycles. The van der Waals surface area contributed by atoms with Gasteiger partial charge in [0.05, 0.1) is 24.1 Å². The number of nitrogens with zero attached hydrogens (tertiary/aromatic N) is 2. The minimum absolute atomic E-state index is 0.00171. The van der Waals surface area contributed by atoms with Crippen LogP contribution in [-0.4, -0.2) is 0 Å². The molecule has 0 radical (unpaired) electrons. The van der Waals surface area contributed by atoms with Gasteiger partial charge in [0.2, 0.25) is 0 Å². The first-order valence-corrected chi connectivity index (χ1v) is 6.92. The molecule has 2 aromatic rings. The SMILES string of the molecule is CC(NC(CC#N)c1ccccc1)c1ccc(C#N)cc1. The fraction of sp³-hybridized carbons (Fsp3) is 0.222. The molecule has 0 amide bonds. The Morgan fingerprint density at radius 1 is 0.952 bits per heavy atom. The van der Waals surface area contributed by atoms with Gasteiger partial charge in [0.1, 0.15) is 0 Å². The zero-order valence-corrected chi connectivity index (χ0v) is 12.0. The minimum atomic E-state index is 0.00171. The third-order valence-electron chi connectivity index (χ3n) is 3.49. The second kappa shape index (κ2) is 7.24. The zero-order chi connectivity index (χ0) is 15.1. The van der Waals surface area contributed by atoms with E-state index in [1.54, 1.807) is 0 Å². The highest BCUT2D eigenvalue weighted by atomic mass is 14.9. The first-order chi connectivity index (χ1) is 10.2. The average molecular weight is 275 g/mol. The van der Waals surface area contributed by atoms with Crippen LogP contribution in [0.2, 0.25) is 0 Å². The molecule has 1 N–H and O–H groups in total. The lowest BCUT2D eigenvalue weighted by atomic mass is 10.0. The molecule has 2 unspecified atom stereocenters. The number of hydrogen-bond donors (Lipinski definition) is 1. The van der Waals surface area contributed by atoms with E-state index in [0.29, 0.717) is 12.0 Å². The average Bonchev–Trinajstić information content (AvgIpc) is 2.55. The highest BCUT2D eigenvalue weighted by Gasteiger charge is 2.15. The maximum Gasteiger partial charge on any atom is 0.0991 e. The Labute approximate surface area is 125 Å². The van der Waals surface area contributed by atoms with E-state index in [1.807, 2.05) is 54.6 Å². The number of rotatable bonds is 5. The van der Waals surface area contributed by atoms with E-state index in [1.165, 1.54) is 0 Å². The second-order valence-corrected chi connectivity index (χ2v) is 4.95. The number of benzene rings is 2. The Balaban J connectivity index is 2.13. The molecule has 2 rings (SSSR count). The molecule has 0 fully saturated rings. The third kappa shape index (κ3) is 3.92. The van der Waals surface area contributed by atoms with Gasteiger partial charge in [0.15, 0.2) is 0 Å². The first-order valence-electron chi connectivity index (χ1n) is 6.92. The summed E-state index contributed by atoms with van der Waals surface area (Å²) in [6, 6.07) is 22.0. The van der Waals surface area contributed by atoms with Crippen molar-refractivity contribution >= 4 is 0 Å². The summed E-state index contributed by atoms with van der Waals surface area (Å²) in [5.74, 6) is 0. The normalized spacial score (nSPS) is 12.9. The molecule has 0 bridgehead atoms. The van der Waals surface area contributed by atoms with Gasteiger partial charge >= 0.3 is 0 Å². The smallest absolute Gasteiger partial charge is 0.0991 e. The summed E-state index contributed by atoms with van der Waals surface area (Å²) in [5, 5.41) is 21.3. The van der Waals surface area contributed by atoms with Crippen LogP contribution in [-0.2, 0) is 0 Å². The predicted molar refractivity (Wildman–Crippen MR) is 82.1 cm³/mol. The van der Waals surface area contributed by atoms with E-state index in [9.17, 15) is 0 Å². The van der Waals surface area contributed by atoms with Crippen molar-refractivity contribution in [3.05, 3.63) is 71.3 Å². The molecule has 0 spiro atoms. The van der Waals surface area contributed by atoms with Crippen LogP contribution in [0.5, 0.6) is 0 Å². The summed E-state index contributed by atoms with van der Waals surface area (Å²) in [6.45, 7) is 2.06. The Kier molecular flexibility index (Phi) is 5.10. The van der Waals surface area contributed by atoms with Crippen molar-refractivity contribution in [1.29, 1.82) is 10.5 Å². The van der Waals surface area contributed by atoms with E-state index in [2.05, 4.69) is 24.4 Å². The van der Waals surface area contributed by atoms with Crippen molar-refractivity contribution < 1.29 is 0 Å². The van der Waals surface area contributed by atoms with Crippen LogP contribution in [0.3, 0.4) is 0 Å². The van der Waals surface area contributed by atoms with Gasteiger partial charge in [-0.3, -0.25) is 0 Å². The minimum Gasteiger partial charge on any atom is -0.302 e. The fourth-order valence-corrected chi connectivity index (χ4v) is 2.29. The summed E-state index contributed by atoms with van der Waals surface area (Å²) >= 11 is 0. The summed E-state index contributed by atoms with van der Waals surface area (Å²) in [5.41, 5.74) is 2.87. The van der Waals surface area contributed by atoms with E-state index >= 15 is 0 Å². The first kappa shape index (κ1) is 14.8. The summed E-state index contributed by atoms with van der Waals surface area (Å²) in [4.78, 5) is 0. The van der Waals surface area contributed by atoms with Crippen LogP contribution in [0.25, 0.3) is 0 Å². The van der Waals surface area contributed by atoms with Crippen LogP contribution in [0.4, 0.5) is 0 Å². The van der Waals surface area contributed by atoms with E-state index in [0.717, 1.165) is 11.1 Å². The molecule has 3 heteroatoms. The Morgan fingerprint density at radius 2 is 1.62 bits per heavy atom. The highest BCUT2D eigenvalue weighted by Crippen LogP contribution is 2.22. The molecule has 3 nitrogen and oxygen atoms in total. The molecule has 0 aliphatic carbocycles. The van der Waals surface area contributed by atoms with Crippen LogP contribution >= 0.6 is 0 Å². The lowest BCUT2D eigenvalue weighted by Crippen LogP contribution is -2.24. The standard InChI is InChI=1S/C18H17N3/c1-14(16-9-7-15(13-20)8-10-16)21-18(11-12-19)17-5-3-2-4-6-17/h2-10,14,18,21H,11H2,1H3. The summed E-state index contributed by atoms with van der Waals surface area (Å²) < 4.78 is 0. The van der Waals surface area contributed by atoms with E-state index in [4.69, 9.17) is 10.5 Å².